The van der Waals surface area contributed by atoms with E-state index in [-0.39, 0.29) is 0 Å². The monoisotopic (exact) mass is 191 g/mol. The van der Waals surface area contributed by atoms with Gasteiger partial charge in [-0.3, -0.25) is 0 Å². The van der Waals surface area contributed by atoms with Crippen LogP contribution in [-0.2, 0) is 12.8 Å². The van der Waals surface area contributed by atoms with E-state index in [4.69, 9.17) is 5.73 Å². The number of aryl methyl sites for hydroxylation is 1. The zero-order chi connectivity index (χ0) is 10.2. The molecule has 0 radical (unpaired) electrons. The van der Waals surface area contributed by atoms with Crippen molar-refractivity contribution in [1.82, 2.24) is 0 Å². The van der Waals surface area contributed by atoms with Crippen LogP contribution in [0, 0.1) is 0 Å². The summed E-state index contributed by atoms with van der Waals surface area (Å²) >= 11 is 0. The molecule has 1 aromatic rings. The van der Waals surface area contributed by atoms with Crippen molar-refractivity contribution in [1.29, 1.82) is 0 Å². The SMILES string of the molecule is CCCCCc1ccc(CCN)cc1. The second kappa shape index (κ2) is 6.61. The standard InChI is InChI=1S/C13H21N/c1-2-3-4-5-12-6-8-13(9-7-12)10-11-14/h6-9H,2-5,10-11,14H2,1H3. The predicted octanol–water partition coefficient (Wildman–Crippen LogP) is 2.92. The molecule has 0 aliphatic rings. The Labute approximate surface area is 87.3 Å². The zero-order valence-electron chi connectivity index (χ0n) is 9.13. The summed E-state index contributed by atoms with van der Waals surface area (Å²) in [5, 5.41) is 0. The molecule has 0 amide bonds. The van der Waals surface area contributed by atoms with E-state index in [9.17, 15) is 0 Å². The molecular formula is C13H21N. The normalized spacial score (nSPS) is 10.4. The molecule has 1 nitrogen and oxygen atoms in total. The topological polar surface area (TPSA) is 26.0 Å². The fourth-order valence-electron chi connectivity index (χ4n) is 1.62. The van der Waals surface area contributed by atoms with Gasteiger partial charge >= 0.3 is 0 Å². The molecule has 0 saturated heterocycles. The van der Waals surface area contributed by atoms with Gasteiger partial charge in [0.25, 0.3) is 0 Å². The smallest absolute Gasteiger partial charge is 0.00367 e. The van der Waals surface area contributed by atoms with Crippen molar-refractivity contribution >= 4 is 0 Å². The molecule has 0 atom stereocenters. The Bertz CT molecular complexity index is 238. The average Bonchev–Trinajstić information content (AvgIpc) is 2.21. The van der Waals surface area contributed by atoms with Crippen LogP contribution in [0.5, 0.6) is 0 Å². The summed E-state index contributed by atoms with van der Waals surface area (Å²) in [6.07, 6.45) is 6.16. The number of hydrogen-bond acceptors (Lipinski definition) is 1. The van der Waals surface area contributed by atoms with Crippen LogP contribution in [0.1, 0.15) is 37.3 Å². The minimum atomic E-state index is 0.745. The minimum Gasteiger partial charge on any atom is -0.330 e. The second-order valence-electron chi connectivity index (χ2n) is 3.81. The lowest BCUT2D eigenvalue weighted by molar-refractivity contribution is 0.717. The van der Waals surface area contributed by atoms with Gasteiger partial charge in [0.1, 0.15) is 0 Å². The van der Waals surface area contributed by atoms with Crippen molar-refractivity contribution in [3.05, 3.63) is 35.4 Å². The van der Waals surface area contributed by atoms with Crippen LogP contribution in [0.4, 0.5) is 0 Å². The van der Waals surface area contributed by atoms with Crippen LogP contribution < -0.4 is 5.73 Å². The van der Waals surface area contributed by atoms with Gasteiger partial charge in [0, 0.05) is 0 Å². The number of hydrogen-bond donors (Lipinski definition) is 1. The van der Waals surface area contributed by atoms with E-state index in [1.54, 1.807) is 0 Å². The Morgan fingerprint density at radius 1 is 0.929 bits per heavy atom. The molecule has 0 unspecified atom stereocenters. The van der Waals surface area contributed by atoms with Crippen molar-refractivity contribution in [3.63, 3.8) is 0 Å². The van der Waals surface area contributed by atoms with E-state index in [1.165, 1.54) is 36.8 Å². The van der Waals surface area contributed by atoms with Crippen LogP contribution in [0.15, 0.2) is 24.3 Å². The molecular weight excluding hydrogens is 170 g/mol. The maximum Gasteiger partial charge on any atom is -0.00367 e. The first-order valence-electron chi connectivity index (χ1n) is 5.64. The second-order valence-corrected chi connectivity index (χ2v) is 3.81. The molecule has 78 valence electrons. The number of unbranched alkanes of at least 4 members (excludes halogenated alkanes) is 2. The summed E-state index contributed by atoms with van der Waals surface area (Å²) in [6, 6.07) is 8.88. The fraction of sp³-hybridized carbons (Fsp3) is 0.538. The van der Waals surface area contributed by atoms with Crippen molar-refractivity contribution in [2.75, 3.05) is 6.54 Å². The third kappa shape index (κ3) is 3.93. The first-order chi connectivity index (χ1) is 6.86. The molecule has 0 saturated carbocycles. The molecule has 1 rings (SSSR count). The Morgan fingerprint density at radius 3 is 2.00 bits per heavy atom. The molecule has 0 aliphatic carbocycles. The predicted molar refractivity (Wildman–Crippen MR) is 62.4 cm³/mol. The van der Waals surface area contributed by atoms with Crippen molar-refractivity contribution in [2.24, 2.45) is 5.73 Å². The molecule has 0 fully saturated rings. The van der Waals surface area contributed by atoms with E-state index in [0.29, 0.717) is 0 Å². The highest BCUT2D eigenvalue weighted by molar-refractivity contribution is 5.22. The van der Waals surface area contributed by atoms with Crippen LogP contribution in [0.3, 0.4) is 0 Å². The van der Waals surface area contributed by atoms with E-state index in [0.717, 1.165) is 13.0 Å². The summed E-state index contributed by atoms with van der Waals surface area (Å²) in [5.74, 6) is 0. The van der Waals surface area contributed by atoms with Gasteiger partial charge in [-0.2, -0.15) is 0 Å². The lowest BCUT2D eigenvalue weighted by atomic mass is 10.0. The lowest BCUT2D eigenvalue weighted by Crippen LogP contribution is -2.02. The molecule has 0 spiro atoms. The van der Waals surface area contributed by atoms with Gasteiger partial charge in [-0.25, -0.2) is 0 Å². The lowest BCUT2D eigenvalue weighted by Gasteiger charge is -2.02. The van der Waals surface area contributed by atoms with Gasteiger partial charge in [-0.1, -0.05) is 44.0 Å². The molecule has 14 heavy (non-hydrogen) atoms. The summed E-state index contributed by atoms with van der Waals surface area (Å²) in [5.41, 5.74) is 8.31. The molecule has 1 aromatic carbocycles. The van der Waals surface area contributed by atoms with Crippen molar-refractivity contribution < 1.29 is 0 Å². The Balaban J connectivity index is 2.38. The van der Waals surface area contributed by atoms with Crippen LogP contribution >= 0.6 is 0 Å². The number of nitrogens with two attached hydrogens (primary N) is 1. The molecule has 0 aliphatic heterocycles. The van der Waals surface area contributed by atoms with Crippen molar-refractivity contribution in [3.8, 4) is 0 Å². The van der Waals surface area contributed by atoms with Gasteiger partial charge in [0.2, 0.25) is 0 Å². The Morgan fingerprint density at radius 2 is 1.50 bits per heavy atom. The first-order valence-corrected chi connectivity index (χ1v) is 5.64. The minimum absolute atomic E-state index is 0.745. The van der Waals surface area contributed by atoms with E-state index < -0.39 is 0 Å². The summed E-state index contributed by atoms with van der Waals surface area (Å²) in [6.45, 7) is 2.99. The highest BCUT2D eigenvalue weighted by atomic mass is 14.5. The third-order valence-electron chi connectivity index (χ3n) is 2.52. The van der Waals surface area contributed by atoms with Crippen molar-refractivity contribution in [2.45, 2.75) is 39.0 Å². The molecule has 0 bridgehead atoms. The zero-order valence-corrected chi connectivity index (χ0v) is 9.13. The maximum atomic E-state index is 5.50. The van der Waals surface area contributed by atoms with Gasteiger partial charge in [0.15, 0.2) is 0 Å². The van der Waals surface area contributed by atoms with Gasteiger partial charge in [-0.05, 0) is 36.9 Å². The molecule has 0 heterocycles. The highest BCUT2D eigenvalue weighted by Gasteiger charge is 1.94. The number of rotatable bonds is 6. The molecule has 1 heteroatoms. The third-order valence-corrected chi connectivity index (χ3v) is 2.52. The van der Waals surface area contributed by atoms with Gasteiger partial charge in [-0.15, -0.1) is 0 Å². The molecule has 2 N–H and O–H groups in total. The van der Waals surface area contributed by atoms with Crippen LogP contribution in [-0.4, -0.2) is 6.54 Å². The van der Waals surface area contributed by atoms with E-state index in [1.807, 2.05) is 0 Å². The number of benzene rings is 1. The van der Waals surface area contributed by atoms with Gasteiger partial charge < -0.3 is 5.73 Å². The van der Waals surface area contributed by atoms with Gasteiger partial charge in [0.05, 0.1) is 0 Å². The summed E-state index contributed by atoms with van der Waals surface area (Å²) in [7, 11) is 0. The van der Waals surface area contributed by atoms with Crippen LogP contribution in [0.2, 0.25) is 0 Å². The largest absolute Gasteiger partial charge is 0.330 e. The Kier molecular flexibility index (Phi) is 5.31. The Hall–Kier alpha value is -0.820. The quantitative estimate of drug-likeness (QED) is 0.687. The van der Waals surface area contributed by atoms with E-state index in [2.05, 4.69) is 31.2 Å². The maximum absolute atomic E-state index is 5.50. The summed E-state index contributed by atoms with van der Waals surface area (Å²) in [4.78, 5) is 0. The summed E-state index contributed by atoms with van der Waals surface area (Å²) < 4.78 is 0. The molecule has 0 aromatic heterocycles. The van der Waals surface area contributed by atoms with E-state index >= 15 is 0 Å². The first kappa shape index (κ1) is 11.3. The average molecular weight is 191 g/mol. The van der Waals surface area contributed by atoms with Crippen LogP contribution in [0.25, 0.3) is 0 Å². The highest BCUT2D eigenvalue weighted by Crippen LogP contribution is 2.08. The fourth-order valence-corrected chi connectivity index (χ4v) is 1.62.